The topological polar surface area (TPSA) is 43.4 Å². The molecule has 2 aliphatic carbocycles. The molecule has 0 saturated heterocycles. The Morgan fingerprint density at radius 2 is 1.86 bits per heavy atom. The third-order valence-electron chi connectivity index (χ3n) is 5.82. The number of esters is 1. The van der Waals surface area contributed by atoms with Crippen LogP contribution in [0.25, 0.3) is 0 Å². The monoisotopic (exact) mass is 300 g/mol. The van der Waals surface area contributed by atoms with E-state index in [0.717, 1.165) is 32.1 Å². The molecule has 2 fully saturated rings. The number of carbonyl (C=O) groups is 2. The Hall–Kier alpha value is -1.64. The average molecular weight is 300 g/mol. The second-order valence-corrected chi connectivity index (χ2v) is 7.05. The van der Waals surface area contributed by atoms with Crippen molar-refractivity contribution in [2.24, 2.45) is 17.3 Å². The van der Waals surface area contributed by atoms with Crippen molar-refractivity contribution in [2.75, 3.05) is 0 Å². The van der Waals surface area contributed by atoms with E-state index in [1.165, 1.54) is 0 Å². The molecule has 4 atom stereocenters. The van der Waals surface area contributed by atoms with Crippen LogP contribution in [-0.2, 0) is 9.53 Å². The van der Waals surface area contributed by atoms with Crippen molar-refractivity contribution in [3.63, 3.8) is 0 Å². The maximum Gasteiger partial charge on any atom is 0.338 e. The number of hydrogen-bond acceptors (Lipinski definition) is 3. The first-order chi connectivity index (χ1) is 10.5. The molecule has 2 saturated carbocycles. The van der Waals surface area contributed by atoms with Gasteiger partial charge in [0.15, 0.2) is 0 Å². The summed E-state index contributed by atoms with van der Waals surface area (Å²) < 4.78 is 5.83. The van der Waals surface area contributed by atoms with E-state index in [4.69, 9.17) is 4.74 Å². The molecule has 1 aromatic rings. The predicted molar refractivity (Wildman–Crippen MR) is 84.5 cm³/mol. The molecule has 4 unspecified atom stereocenters. The molecule has 2 aliphatic rings. The van der Waals surface area contributed by atoms with Crippen molar-refractivity contribution in [2.45, 2.75) is 52.1 Å². The van der Waals surface area contributed by atoms with Crippen LogP contribution in [-0.4, -0.2) is 17.9 Å². The van der Waals surface area contributed by atoms with Crippen molar-refractivity contribution in [1.29, 1.82) is 0 Å². The van der Waals surface area contributed by atoms with Crippen LogP contribution in [0, 0.1) is 17.3 Å². The molecule has 0 aromatic heterocycles. The standard InChI is InChI=1S/C19H24O3/c1-13(20)15-10-11-16-17(9-6-12-19(15,16)2)22-18(21)14-7-4-3-5-8-14/h3-5,7-8,15-17H,6,9-12H2,1-2H3. The number of hydrogen-bond donors (Lipinski definition) is 0. The first-order valence-corrected chi connectivity index (χ1v) is 8.29. The van der Waals surface area contributed by atoms with E-state index in [0.29, 0.717) is 17.3 Å². The first-order valence-electron chi connectivity index (χ1n) is 8.29. The minimum absolute atomic E-state index is 0.00567. The molecule has 0 N–H and O–H groups in total. The molecular weight excluding hydrogens is 276 g/mol. The van der Waals surface area contributed by atoms with Crippen molar-refractivity contribution < 1.29 is 14.3 Å². The summed E-state index contributed by atoms with van der Waals surface area (Å²) in [4.78, 5) is 24.3. The highest BCUT2D eigenvalue weighted by molar-refractivity contribution is 5.89. The van der Waals surface area contributed by atoms with Gasteiger partial charge in [0.05, 0.1) is 5.56 Å². The van der Waals surface area contributed by atoms with Gasteiger partial charge in [0, 0.05) is 11.8 Å². The zero-order chi connectivity index (χ0) is 15.7. The van der Waals surface area contributed by atoms with E-state index < -0.39 is 0 Å². The Balaban J connectivity index is 1.75. The summed E-state index contributed by atoms with van der Waals surface area (Å²) >= 11 is 0. The van der Waals surface area contributed by atoms with Crippen molar-refractivity contribution in [3.05, 3.63) is 35.9 Å². The highest BCUT2D eigenvalue weighted by Gasteiger charge is 2.53. The molecule has 0 heterocycles. The third kappa shape index (κ3) is 2.57. The Bertz CT molecular complexity index is 565. The Morgan fingerprint density at radius 1 is 1.14 bits per heavy atom. The number of rotatable bonds is 3. The normalized spacial score (nSPS) is 34.0. The maximum atomic E-state index is 12.3. The maximum absolute atomic E-state index is 12.3. The van der Waals surface area contributed by atoms with Gasteiger partial charge in [-0.05, 0) is 56.6 Å². The first kappa shape index (κ1) is 15.3. The van der Waals surface area contributed by atoms with Gasteiger partial charge < -0.3 is 4.74 Å². The predicted octanol–water partition coefficient (Wildman–Crippen LogP) is 4.02. The SMILES string of the molecule is CC(=O)C1CCC2C(OC(=O)c3ccccc3)CCCC12C. The Morgan fingerprint density at radius 3 is 2.55 bits per heavy atom. The second-order valence-electron chi connectivity index (χ2n) is 7.05. The largest absolute Gasteiger partial charge is 0.458 e. The van der Waals surface area contributed by atoms with E-state index in [1.807, 2.05) is 18.2 Å². The minimum atomic E-state index is -0.235. The number of Topliss-reactive ketones (excluding diaryl/α,β-unsaturated/α-hetero) is 1. The summed E-state index contributed by atoms with van der Waals surface area (Å²) in [5.41, 5.74) is 0.613. The van der Waals surface area contributed by atoms with Crippen molar-refractivity contribution >= 4 is 11.8 Å². The Labute approximate surface area is 132 Å². The highest BCUT2D eigenvalue weighted by atomic mass is 16.5. The van der Waals surface area contributed by atoms with Gasteiger partial charge in [-0.2, -0.15) is 0 Å². The quantitative estimate of drug-likeness (QED) is 0.792. The lowest BCUT2D eigenvalue weighted by atomic mass is 9.63. The van der Waals surface area contributed by atoms with Gasteiger partial charge >= 0.3 is 5.97 Å². The smallest absolute Gasteiger partial charge is 0.338 e. The summed E-state index contributed by atoms with van der Waals surface area (Å²) in [6.07, 6.45) is 4.91. The molecule has 3 rings (SSSR count). The molecule has 0 aliphatic heterocycles. The lowest BCUT2D eigenvalue weighted by Gasteiger charge is -2.43. The van der Waals surface area contributed by atoms with Crippen LogP contribution >= 0.6 is 0 Å². The van der Waals surface area contributed by atoms with Crippen LogP contribution in [0.3, 0.4) is 0 Å². The lowest BCUT2D eigenvalue weighted by Crippen LogP contribution is -2.43. The molecule has 22 heavy (non-hydrogen) atoms. The molecule has 118 valence electrons. The zero-order valence-electron chi connectivity index (χ0n) is 13.4. The van der Waals surface area contributed by atoms with Crippen LogP contribution in [0.2, 0.25) is 0 Å². The van der Waals surface area contributed by atoms with Crippen LogP contribution < -0.4 is 0 Å². The number of ketones is 1. The summed E-state index contributed by atoms with van der Waals surface area (Å²) in [5.74, 6) is 0.514. The summed E-state index contributed by atoms with van der Waals surface area (Å²) in [7, 11) is 0. The number of ether oxygens (including phenoxy) is 1. The molecular formula is C19H24O3. The van der Waals surface area contributed by atoms with Crippen LogP contribution in [0.5, 0.6) is 0 Å². The summed E-state index contributed by atoms with van der Waals surface area (Å²) in [5, 5.41) is 0. The van der Waals surface area contributed by atoms with Crippen LogP contribution in [0.15, 0.2) is 30.3 Å². The van der Waals surface area contributed by atoms with E-state index in [2.05, 4.69) is 6.92 Å². The average Bonchev–Trinajstić information content (AvgIpc) is 2.86. The number of benzene rings is 1. The van der Waals surface area contributed by atoms with Crippen molar-refractivity contribution in [3.8, 4) is 0 Å². The molecule has 0 amide bonds. The van der Waals surface area contributed by atoms with Gasteiger partial charge in [-0.1, -0.05) is 25.1 Å². The zero-order valence-corrected chi connectivity index (χ0v) is 13.4. The molecule has 0 spiro atoms. The third-order valence-corrected chi connectivity index (χ3v) is 5.82. The molecule has 0 radical (unpaired) electrons. The highest BCUT2D eigenvalue weighted by Crippen LogP contribution is 2.56. The fraction of sp³-hybridized carbons (Fsp3) is 0.579. The van der Waals surface area contributed by atoms with Crippen molar-refractivity contribution in [1.82, 2.24) is 0 Å². The van der Waals surface area contributed by atoms with Gasteiger partial charge in [-0.15, -0.1) is 0 Å². The van der Waals surface area contributed by atoms with Gasteiger partial charge in [0.25, 0.3) is 0 Å². The Kier molecular flexibility index (Phi) is 4.07. The fourth-order valence-corrected chi connectivity index (χ4v) is 4.71. The van der Waals surface area contributed by atoms with Crippen LogP contribution in [0.4, 0.5) is 0 Å². The molecule has 3 heteroatoms. The van der Waals surface area contributed by atoms with E-state index in [9.17, 15) is 9.59 Å². The number of fused-ring (bicyclic) bond motifs is 1. The van der Waals surface area contributed by atoms with E-state index >= 15 is 0 Å². The van der Waals surface area contributed by atoms with E-state index in [1.54, 1.807) is 19.1 Å². The molecule has 3 nitrogen and oxygen atoms in total. The fourth-order valence-electron chi connectivity index (χ4n) is 4.71. The number of carbonyl (C=O) groups excluding carboxylic acids is 2. The minimum Gasteiger partial charge on any atom is -0.458 e. The molecule has 0 bridgehead atoms. The molecule has 1 aromatic carbocycles. The second kappa shape index (κ2) is 5.86. The lowest BCUT2D eigenvalue weighted by molar-refractivity contribution is -0.126. The van der Waals surface area contributed by atoms with Gasteiger partial charge in [0.2, 0.25) is 0 Å². The van der Waals surface area contributed by atoms with E-state index in [-0.39, 0.29) is 23.4 Å². The van der Waals surface area contributed by atoms with Gasteiger partial charge in [0.1, 0.15) is 11.9 Å². The summed E-state index contributed by atoms with van der Waals surface area (Å²) in [6.45, 7) is 3.93. The van der Waals surface area contributed by atoms with Gasteiger partial charge in [-0.25, -0.2) is 4.79 Å². The van der Waals surface area contributed by atoms with Gasteiger partial charge in [-0.3, -0.25) is 4.79 Å². The summed E-state index contributed by atoms with van der Waals surface area (Å²) in [6, 6.07) is 9.17. The van der Waals surface area contributed by atoms with Crippen LogP contribution in [0.1, 0.15) is 56.3 Å².